The van der Waals surface area contributed by atoms with Gasteiger partial charge in [0, 0.05) is 10.1 Å². The topological polar surface area (TPSA) is 20.2 Å². The maximum Gasteiger partial charge on any atom is 0.0693 e. The first kappa shape index (κ1) is 14.3. The molecule has 0 aromatic heterocycles. The second-order valence-electron chi connectivity index (χ2n) is 5.34. The van der Waals surface area contributed by atoms with Crippen LogP contribution in [0.15, 0.2) is 47.4 Å². The van der Waals surface area contributed by atoms with Gasteiger partial charge in [0.05, 0.1) is 6.10 Å². The number of thioether (sulfide) groups is 1. The predicted molar refractivity (Wildman–Crippen MR) is 76.4 cm³/mol. The molecule has 0 aliphatic heterocycles. The summed E-state index contributed by atoms with van der Waals surface area (Å²) < 4.78 is 0. The molecule has 17 heavy (non-hydrogen) atoms. The molecule has 0 aliphatic carbocycles. The predicted octanol–water partition coefficient (Wildman–Crippen LogP) is 4.13. The van der Waals surface area contributed by atoms with Crippen LogP contribution in [-0.4, -0.2) is 16.5 Å². The average molecular weight is 250 g/mol. The van der Waals surface area contributed by atoms with Crippen LogP contribution in [0.2, 0.25) is 0 Å². The van der Waals surface area contributed by atoms with Crippen molar-refractivity contribution in [3.8, 4) is 0 Å². The lowest BCUT2D eigenvalue weighted by molar-refractivity contribution is 0.243. The van der Waals surface area contributed by atoms with E-state index in [0.717, 1.165) is 0 Å². The van der Waals surface area contributed by atoms with Crippen LogP contribution in [0, 0.1) is 5.41 Å². The Labute approximate surface area is 109 Å². The summed E-state index contributed by atoms with van der Waals surface area (Å²) in [5.74, 6) is 0. The highest BCUT2D eigenvalue weighted by Crippen LogP contribution is 2.36. The number of aliphatic hydroxyl groups excluding tert-OH is 1. The van der Waals surface area contributed by atoms with E-state index in [1.54, 1.807) is 6.92 Å². The fraction of sp³-hybridized carbons (Fsp3) is 0.467. The van der Waals surface area contributed by atoms with Crippen molar-refractivity contribution < 1.29 is 5.11 Å². The van der Waals surface area contributed by atoms with Crippen LogP contribution in [0.1, 0.15) is 27.7 Å². The van der Waals surface area contributed by atoms with Crippen molar-refractivity contribution in [2.45, 2.75) is 43.9 Å². The van der Waals surface area contributed by atoms with Gasteiger partial charge in [-0.3, -0.25) is 0 Å². The van der Waals surface area contributed by atoms with E-state index in [4.69, 9.17) is 0 Å². The Kier molecular flexibility index (Phi) is 5.29. The van der Waals surface area contributed by atoms with Gasteiger partial charge in [-0.2, -0.15) is 0 Å². The second kappa shape index (κ2) is 6.27. The molecule has 1 rings (SSSR count). The van der Waals surface area contributed by atoms with Gasteiger partial charge in [-0.15, -0.1) is 11.8 Å². The number of hydrogen-bond donors (Lipinski definition) is 1. The van der Waals surface area contributed by atoms with E-state index < -0.39 is 0 Å². The van der Waals surface area contributed by atoms with Crippen molar-refractivity contribution in [2.75, 3.05) is 0 Å². The summed E-state index contributed by atoms with van der Waals surface area (Å²) in [7, 11) is 0. The smallest absolute Gasteiger partial charge is 0.0693 e. The summed E-state index contributed by atoms with van der Waals surface area (Å²) >= 11 is 1.84. The van der Waals surface area contributed by atoms with Crippen molar-refractivity contribution >= 4 is 11.8 Å². The molecular formula is C15H22OS. The zero-order valence-electron chi connectivity index (χ0n) is 11.1. The molecule has 0 aliphatic rings. The average Bonchev–Trinajstić information content (AvgIpc) is 2.23. The molecule has 0 amide bonds. The number of aliphatic hydroxyl groups is 1. The second-order valence-corrected chi connectivity index (χ2v) is 6.56. The van der Waals surface area contributed by atoms with Gasteiger partial charge in [0.1, 0.15) is 0 Å². The molecule has 0 fully saturated rings. The van der Waals surface area contributed by atoms with Gasteiger partial charge in [-0.1, -0.05) is 51.1 Å². The van der Waals surface area contributed by atoms with Gasteiger partial charge in [-0.05, 0) is 24.5 Å². The number of rotatable bonds is 4. The Morgan fingerprint density at radius 2 is 1.71 bits per heavy atom. The third-order valence-electron chi connectivity index (χ3n) is 2.42. The molecule has 1 nitrogen and oxygen atoms in total. The van der Waals surface area contributed by atoms with E-state index in [1.807, 2.05) is 23.9 Å². The fourth-order valence-electron chi connectivity index (χ4n) is 1.41. The normalized spacial score (nSPS) is 16.1. The summed E-state index contributed by atoms with van der Waals surface area (Å²) in [6.07, 6.45) is 3.60. The summed E-state index contributed by atoms with van der Waals surface area (Å²) in [5, 5.41) is 9.70. The lowest BCUT2D eigenvalue weighted by Gasteiger charge is -2.27. The van der Waals surface area contributed by atoms with E-state index in [2.05, 4.69) is 51.1 Å². The first-order valence-corrected chi connectivity index (χ1v) is 6.85. The zero-order chi connectivity index (χ0) is 12.9. The molecule has 0 unspecified atom stereocenters. The Morgan fingerprint density at radius 3 is 2.18 bits per heavy atom. The molecule has 0 spiro atoms. The summed E-state index contributed by atoms with van der Waals surface area (Å²) in [4.78, 5) is 1.27. The van der Waals surface area contributed by atoms with Crippen molar-refractivity contribution in [3.63, 3.8) is 0 Å². The summed E-state index contributed by atoms with van der Waals surface area (Å²) in [6.45, 7) is 8.45. The van der Waals surface area contributed by atoms with Crippen molar-refractivity contribution in [1.82, 2.24) is 0 Å². The molecule has 0 saturated carbocycles. The van der Waals surface area contributed by atoms with Crippen LogP contribution in [0.3, 0.4) is 0 Å². The van der Waals surface area contributed by atoms with E-state index >= 15 is 0 Å². The lowest BCUT2D eigenvalue weighted by Crippen LogP contribution is -2.21. The minimum absolute atomic E-state index is 0.173. The molecule has 1 aromatic rings. The minimum Gasteiger partial charge on any atom is -0.389 e. The van der Waals surface area contributed by atoms with Crippen LogP contribution >= 0.6 is 11.8 Å². The zero-order valence-corrected chi connectivity index (χ0v) is 11.9. The third-order valence-corrected chi connectivity index (χ3v) is 4.09. The van der Waals surface area contributed by atoms with Crippen molar-refractivity contribution in [1.29, 1.82) is 0 Å². The Morgan fingerprint density at radius 1 is 1.12 bits per heavy atom. The Bertz CT molecular complexity index is 349. The maximum absolute atomic E-state index is 9.34. The van der Waals surface area contributed by atoms with E-state index in [0.29, 0.717) is 5.25 Å². The van der Waals surface area contributed by atoms with E-state index in [1.165, 1.54) is 4.90 Å². The van der Waals surface area contributed by atoms with Gasteiger partial charge < -0.3 is 5.11 Å². The third kappa shape index (κ3) is 5.42. The molecule has 2 atom stereocenters. The van der Waals surface area contributed by atoms with Crippen molar-refractivity contribution in [2.24, 2.45) is 5.41 Å². The molecule has 0 saturated heterocycles. The molecular weight excluding hydrogens is 228 g/mol. The van der Waals surface area contributed by atoms with Gasteiger partial charge in [-0.25, -0.2) is 0 Å². The largest absolute Gasteiger partial charge is 0.389 e. The molecule has 0 heterocycles. The molecule has 0 bridgehead atoms. The highest BCUT2D eigenvalue weighted by atomic mass is 32.2. The van der Waals surface area contributed by atoms with Gasteiger partial charge in [0.25, 0.3) is 0 Å². The highest BCUT2D eigenvalue weighted by molar-refractivity contribution is 8.00. The van der Waals surface area contributed by atoms with Crippen LogP contribution in [0.4, 0.5) is 0 Å². The van der Waals surface area contributed by atoms with E-state index in [-0.39, 0.29) is 11.5 Å². The SMILES string of the molecule is C[C@@H](O)C=C[C@H](Sc1ccccc1)C(C)(C)C. The van der Waals surface area contributed by atoms with Crippen LogP contribution in [-0.2, 0) is 0 Å². The molecule has 2 heteroatoms. The monoisotopic (exact) mass is 250 g/mol. The maximum atomic E-state index is 9.34. The standard InChI is InChI=1S/C15H22OS/c1-12(16)10-11-14(15(2,3)4)17-13-8-6-5-7-9-13/h5-12,14,16H,1-4H3/t12-,14+/m1/s1. The Hall–Kier alpha value is -0.730. The van der Waals surface area contributed by atoms with Crippen LogP contribution in [0.25, 0.3) is 0 Å². The number of hydrogen-bond acceptors (Lipinski definition) is 2. The van der Waals surface area contributed by atoms with Crippen LogP contribution < -0.4 is 0 Å². The quantitative estimate of drug-likeness (QED) is 0.640. The summed E-state index contributed by atoms with van der Waals surface area (Å²) in [6, 6.07) is 10.4. The minimum atomic E-state index is -0.378. The molecule has 94 valence electrons. The van der Waals surface area contributed by atoms with Gasteiger partial charge in [0.15, 0.2) is 0 Å². The summed E-state index contributed by atoms with van der Waals surface area (Å²) in [5.41, 5.74) is 0.173. The first-order chi connectivity index (χ1) is 7.89. The first-order valence-electron chi connectivity index (χ1n) is 5.97. The lowest BCUT2D eigenvalue weighted by atomic mass is 9.91. The molecule has 1 aromatic carbocycles. The molecule has 0 radical (unpaired) electrons. The highest BCUT2D eigenvalue weighted by Gasteiger charge is 2.23. The fourth-order valence-corrected chi connectivity index (χ4v) is 2.54. The van der Waals surface area contributed by atoms with Crippen LogP contribution in [0.5, 0.6) is 0 Å². The van der Waals surface area contributed by atoms with Gasteiger partial charge in [0.2, 0.25) is 0 Å². The van der Waals surface area contributed by atoms with Gasteiger partial charge >= 0.3 is 0 Å². The number of benzene rings is 1. The van der Waals surface area contributed by atoms with E-state index in [9.17, 15) is 5.11 Å². The Balaban J connectivity index is 2.78. The van der Waals surface area contributed by atoms with Crippen molar-refractivity contribution in [3.05, 3.63) is 42.5 Å². The molecule has 1 N–H and O–H groups in total.